The highest BCUT2D eigenvalue weighted by atomic mass is 16.6. The second-order valence-corrected chi connectivity index (χ2v) is 3.93. The van der Waals surface area contributed by atoms with Gasteiger partial charge in [-0.1, -0.05) is 6.42 Å². The van der Waals surface area contributed by atoms with Crippen LogP contribution in [0, 0.1) is 0 Å². The molecule has 0 spiro atoms. The van der Waals surface area contributed by atoms with Gasteiger partial charge < -0.3 is 4.74 Å². The number of hydrogen-bond acceptors (Lipinski definition) is 5. The molecule has 1 saturated heterocycles. The van der Waals surface area contributed by atoms with Gasteiger partial charge in [0.05, 0.1) is 12.4 Å². The Morgan fingerprint density at radius 2 is 2.06 bits per heavy atom. The lowest BCUT2D eigenvalue weighted by molar-refractivity contribution is -0.133. The highest BCUT2D eigenvalue weighted by molar-refractivity contribution is 5.80. The van der Waals surface area contributed by atoms with Crippen molar-refractivity contribution in [3.63, 3.8) is 0 Å². The van der Waals surface area contributed by atoms with Crippen LogP contribution in [-0.4, -0.2) is 33.5 Å². The molecule has 0 radical (unpaired) electrons. The number of hydrazine groups is 1. The SMILES string of the molecule is O=C(NN1CCCCCC1=O)Oc1cncnc1. The summed E-state index contributed by atoms with van der Waals surface area (Å²) in [4.78, 5) is 30.6. The molecule has 1 aromatic rings. The van der Waals surface area contributed by atoms with Gasteiger partial charge in [0.2, 0.25) is 5.91 Å². The van der Waals surface area contributed by atoms with Crippen molar-refractivity contribution in [3.8, 4) is 5.75 Å². The van der Waals surface area contributed by atoms with Crippen LogP contribution in [0.3, 0.4) is 0 Å². The zero-order valence-electron chi connectivity index (χ0n) is 9.83. The summed E-state index contributed by atoms with van der Waals surface area (Å²) < 4.78 is 4.94. The van der Waals surface area contributed by atoms with Crippen LogP contribution in [-0.2, 0) is 4.79 Å². The van der Waals surface area contributed by atoms with E-state index < -0.39 is 6.09 Å². The molecule has 0 aromatic carbocycles. The van der Waals surface area contributed by atoms with Crippen molar-refractivity contribution in [2.75, 3.05) is 6.54 Å². The smallest absolute Gasteiger partial charge is 0.406 e. The van der Waals surface area contributed by atoms with E-state index in [1.165, 1.54) is 23.7 Å². The van der Waals surface area contributed by atoms with E-state index in [0.29, 0.717) is 13.0 Å². The van der Waals surface area contributed by atoms with Crippen molar-refractivity contribution < 1.29 is 14.3 Å². The van der Waals surface area contributed by atoms with Gasteiger partial charge >= 0.3 is 6.09 Å². The van der Waals surface area contributed by atoms with E-state index in [9.17, 15) is 9.59 Å². The largest absolute Gasteiger partial charge is 0.431 e. The van der Waals surface area contributed by atoms with Gasteiger partial charge in [-0.2, -0.15) is 0 Å². The Morgan fingerprint density at radius 1 is 1.28 bits per heavy atom. The number of carbonyl (C=O) groups excluding carboxylic acids is 2. The molecule has 1 aromatic heterocycles. The minimum absolute atomic E-state index is 0.0891. The van der Waals surface area contributed by atoms with Gasteiger partial charge in [-0.05, 0) is 12.8 Å². The Balaban J connectivity index is 1.88. The van der Waals surface area contributed by atoms with E-state index in [0.717, 1.165) is 19.3 Å². The number of amides is 2. The van der Waals surface area contributed by atoms with E-state index >= 15 is 0 Å². The van der Waals surface area contributed by atoms with Crippen molar-refractivity contribution >= 4 is 12.0 Å². The average Bonchev–Trinajstić information content (AvgIpc) is 2.56. The fourth-order valence-electron chi connectivity index (χ4n) is 1.68. The summed E-state index contributed by atoms with van der Waals surface area (Å²) in [5.41, 5.74) is 2.42. The van der Waals surface area contributed by atoms with Crippen molar-refractivity contribution in [1.29, 1.82) is 0 Å². The normalized spacial score (nSPS) is 16.0. The maximum atomic E-state index is 11.6. The lowest BCUT2D eigenvalue weighted by Crippen LogP contribution is -2.47. The Morgan fingerprint density at radius 3 is 2.83 bits per heavy atom. The first kappa shape index (κ1) is 12.3. The number of nitrogens with zero attached hydrogens (tertiary/aromatic N) is 3. The maximum Gasteiger partial charge on any atom is 0.431 e. The van der Waals surface area contributed by atoms with Gasteiger partial charge in [0, 0.05) is 13.0 Å². The van der Waals surface area contributed by atoms with Gasteiger partial charge in [-0.25, -0.2) is 20.2 Å². The van der Waals surface area contributed by atoms with Crippen molar-refractivity contribution in [2.24, 2.45) is 0 Å². The van der Waals surface area contributed by atoms with E-state index in [1.54, 1.807) is 0 Å². The highest BCUT2D eigenvalue weighted by Crippen LogP contribution is 2.10. The summed E-state index contributed by atoms with van der Waals surface area (Å²) in [5.74, 6) is 0.144. The lowest BCUT2D eigenvalue weighted by atomic mass is 10.2. The molecule has 0 atom stereocenters. The number of aromatic nitrogens is 2. The minimum Gasteiger partial charge on any atom is -0.406 e. The number of carbonyl (C=O) groups is 2. The van der Waals surface area contributed by atoms with Crippen LogP contribution in [0.15, 0.2) is 18.7 Å². The molecular formula is C11H14N4O3. The third-order valence-corrected chi connectivity index (χ3v) is 2.55. The van der Waals surface area contributed by atoms with Crippen molar-refractivity contribution in [1.82, 2.24) is 20.4 Å². The molecule has 1 aliphatic heterocycles. The third kappa shape index (κ3) is 3.41. The van der Waals surface area contributed by atoms with Crippen LogP contribution in [0.5, 0.6) is 5.75 Å². The molecule has 2 heterocycles. The monoisotopic (exact) mass is 250 g/mol. The molecule has 7 heteroatoms. The van der Waals surface area contributed by atoms with Crippen molar-refractivity contribution in [3.05, 3.63) is 18.7 Å². The van der Waals surface area contributed by atoms with Crippen LogP contribution in [0.4, 0.5) is 4.79 Å². The zero-order valence-corrected chi connectivity index (χ0v) is 9.83. The number of hydrogen-bond donors (Lipinski definition) is 1. The predicted octanol–water partition coefficient (Wildman–Crippen LogP) is 0.883. The van der Waals surface area contributed by atoms with Gasteiger partial charge in [-0.3, -0.25) is 9.80 Å². The second-order valence-electron chi connectivity index (χ2n) is 3.93. The average molecular weight is 250 g/mol. The van der Waals surface area contributed by atoms with Crippen LogP contribution in [0.25, 0.3) is 0 Å². The summed E-state index contributed by atoms with van der Waals surface area (Å²) in [6, 6.07) is 0. The summed E-state index contributed by atoms with van der Waals surface area (Å²) in [6.45, 7) is 0.513. The third-order valence-electron chi connectivity index (χ3n) is 2.55. The fraction of sp³-hybridized carbons (Fsp3) is 0.455. The molecule has 1 aliphatic rings. The van der Waals surface area contributed by atoms with Crippen molar-refractivity contribution in [2.45, 2.75) is 25.7 Å². The Bertz CT molecular complexity index is 424. The van der Waals surface area contributed by atoms with Gasteiger partial charge in [0.1, 0.15) is 6.33 Å². The van der Waals surface area contributed by atoms with E-state index in [2.05, 4.69) is 15.4 Å². The molecule has 18 heavy (non-hydrogen) atoms. The topological polar surface area (TPSA) is 84.4 Å². The highest BCUT2D eigenvalue weighted by Gasteiger charge is 2.19. The van der Waals surface area contributed by atoms with Crippen LogP contribution < -0.4 is 10.2 Å². The molecule has 0 bridgehead atoms. The molecule has 0 aliphatic carbocycles. The molecule has 7 nitrogen and oxygen atoms in total. The maximum absolute atomic E-state index is 11.6. The van der Waals surface area contributed by atoms with Gasteiger partial charge in [0.15, 0.2) is 5.75 Å². The van der Waals surface area contributed by atoms with Gasteiger partial charge in [-0.15, -0.1) is 0 Å². The van der Waals surface area contributed by atoms with Gasteiger partial charge in [0.25, 0.3) is 0 Å². The second kappa shape index (κ2) is 5.95. The molecule has 0 unspecified atom stereocenters. The minimum atomic E-state index is -0.708. The first-order valence-corrected chi connectivity index (χ1v) is 5.79. The number of ether oxygens (including phenoxy) is 1. The first-order valence-electron chi connectivity index (χ1n) is 5.79. The van der Waals surface area contributed by atoms with Crippen LogP contribution >= 0.6 is 0 Å². The summed E-state index contributed by atoms with van der Waals surface area (Å²) in [6.07, 6.45) is 6.55. The molecule has 0 saturated carbocycles. The van der Waals surface area contributed by atoms with E-state index in [1.807, 2.05) is 0 Å². The first-order chi connectivity index (χ1) is 8.75. The fourth-order valence-corrected chi connectivity index (χ4v) is 1.68. The standard InChI is InChI=1S/C11H14N4O3/c16-10-4-2-1-3-5-15(10)14-11(17)18-9-6-12-8-13-7-9/h6-8H,1-5H2,(H,14,17). The zero-order chi connectivity index (χ0) is 12.8. The lowest BCUT2D eigenvalue weighted by Gasteiger charge is -2.20. The molecule has 1 fully saturated rings. The summed E-state index contributed by atoms with van der Waals surface area (Å²) in [5, 5.41) is 1.30. The number of nitrogens with one attached hydrogen (secondary N) is 1. The molecule has 2 amide bonds. The van der Waals surface area contributed by atoms with Crippen LogP contribution in [0.2, 0.25) is 0 Å². The molecule has 96 valence electrons. The Kier molecular flexibility index (Phi) is 4.06. The molecule has 2 rings (SSSR count). The predicted molar refractivity (Wildman–Crippen MR) is 61.4 cm³/mol. The molecular weight excluding hydrogens is 236 g/mol. The van der Waals surface area contributed by atoms with E-state index in [4.69, 9.17) is 4.74 Å². The quantitative estimate of drug-likeness (QED) is 0.842. The Hall–Kier alpha value is -2.18. The molecule has 1 N–H and O–H groups in total. The summed E-state index contributed by atoms with van der Waals surface area (Å²) in [7, 11) is 0. The Labute approximate surface area is 104 Å². The van der Waals surface area contributed by atoms with Crippen LogP contribution in [0.1, 0.15) is 25.7 Å². The van der Waals surface area contributed by atoms with E-state index in [-0.39, 0.29) is 11.7 Å². The summed E-state index contributed by atoms with van der Waals surface area (Å²) >= 11 is 0. The number of rotatable bonds is 2.